The molecule has 2 aromatic heterocycles. The molecule has 3 heterocycles. The average molecular weight is 351 g/mol. The lowest BCUT2D eigenvalue weighted by Crippen LogP contribution is -2.56. The minimum atomic E-state index is -3.01. The molecular weight excluding hydrogens is 332 g/mol. The maximum Gasteiger partial charge on any atom is 0.275 e. The Labute approximate surface area is 143 Å². The lowest BCUT2D eigenvalue weighted by molar-refractivity contribution is -0.0992. The monoisotopic (exact) mass is 351 g/mol. The summed E-state index contributed by atoms with van der Waals surface area (Å²) in [5.41, 5.74) is 0.856. The van der Waals surface area contributed by atoms with Crippen molar-refractivity contribution in [3.8, 4) is 5.69 Å². The highest BCUT2D eigenvalue weighted by Gasteiger charge is 2.46. The van der Waals surface area contributed by atoms with Crippen LogP contribution in [-0.4, -0.2) is 61.0 Å². The summed E-state index contributed by atoms with van der Waals surface area (Å²) < 4.78 is 28.0. The van der Waals surface area contributed by atoms with Gasteiger partial charge in [-0.15, -0.1) is 4.80 Å². The summed E-state index contributed by atoms with van der Waals surface area (Å²) in [4.78, 5) is 19.5. The molecule has 0 radical (unpaired) electrons. The van der Waals surface area contributed by atoms with E-state index in [9.17, 15) is 18.7 Å². The number of aliphatic hydroxyl groups excluding tert-OH is 1. The van der Waals surface area contributed by atoms with Crippen LogP contribution in [0, 0.1) is 12.8 Å². The Morgan fingerprint density at radius 3 is 2.68 bits per heavy atom. The number of pyridine rings is 1. The minimum Gasteiger partial charge on any atom is -0.394 e. The second-order valence-corrected chi connectivity index (χ2v) is 6.36. The van der Waals surface area contributed by atoms with Crippen LogP contribution >= 0.6 is 0 Å². The van der Waals surface area contributed by atoms with Gasteiger partial charge in [0, 0.05) is 12.1 Å². The van der Waals surface area contributed by atoms with Gasteiger partial charge in [-0.3, -0.25) is 4.79 Å². The smallest absolute Gasteiger partial charge is 0.275 e. The molecule has 1 saturated heterocycles. The molecule has 25 heavy (non-hydrogen) atoms. The maximum atomic E-state index is 14.0. The molecule has 7 nitrogen and oxygen atoms in total. The fourth-order valence-corrected chi connectivity index (χ4v) is 3.19. The van der Waals surface area contributed by atoms with Crippen molar-refractivity contribution < 1.29 is 18.7 Å². The standard InChI is InChI=1S/C16H19F2N5O2/c1-10-7-16(17,18)9-22(13(10)8-24)15(25)14-12(4-3-11(2)21-14)23-19-5-6-20-23/h3-6,10,13,24H,7-9H2,1-2H3/t10-,13-/m1/s1. The predicted molar refractivity (Wildman–Crippen MR) is 84.5 cm³/mol. The van der Waals surface area contributed by atoms with E-state index in [-0.39, 0.29) is 18.7 Å². The number of aryl methyl sites for hydroxylation is 1. The van der Waals surface area contributed by atoms with Gasteiger partial charge in [0.15, 0.2) is 5.69 Å². The van der Waals surface area contributed by atoms with E-state index >= 15 is 0 Å². The predicted octanol–water partition coefficient (Wildman–Crippen LogP) is 1.45. The highest BCUT2D eigenvalue weighted by Crippen LogP contribution is 2.35. The van der Waals surface area contributed by atoms with Crippen molar-refractivity contribution in [1.82, 2.24) is 24.9 Å². The third kappa shape index (κ3) is 3.37. The van der Waals surface area contributed by atoms with Crippen LogP contribution in [0.15, 0.2) is 24.5 Å². The molecule has 1 amide bonds. The van der Waals surface area contributed by atoms with Crippen molar-refractivity contribution in [2.75, 3.05) is 13.2 Å². The van der Waals surface area contributed by atoms with E-state index in [1.807, 2.05) is 0 Å². The summed E-state index contributed by atoms with van der Waals surface area (Å²) in [5.74, 6) is -4.20. The summed E-state index contributed by atoms with van der Waals surface area (Å²) in [5, 5.41) is 17.6. The molecule has 1 fully saturated rings. The van der Waals surface area contributed by atoms with Crippen molar-refractivity contribution in [2.45, 2.75) is 32.2 Å². The normalized spacial score (nSPS) is 22.8. The largest absolute Gasteiger partial charge is 0.394 e. The number of carbonyl (C=O) groups is 1. The molecule has 0 bridgehead atoms. The number of alkyl halides is 2. The molecular formula is C16H19F2N5O2. The number of halogens is 2. The average Bonchev–Trinajstić information content (AvgIpc) is 3.07. The van der Waals surface area contributed by atoms with Gasteiger partial charge in [-0.05, 0) is 25.0 Å². The Morgan fingerprint density at radius 2 is 2.04 bits per heavy atom. The van der Waals surface area contributed by atoms with Crippen molar-refractivity contribution >= 4 is 5.91 Å². The van der Waals surface area contributed by atoms with Crippen LogP contribution in [-0.2, 0) is 0 Å². The van der Waals surface area contributed by atoms with Crippen molar-refractivity contribution in [1.29, 1.82) is 0 Å². The first kappa shape index (κ1) is 17.4. The Balaban J connectivity index is 2.03. The number of carbonyl (C=O) groups excluding carboxylic acids is 1. The fourth-order valence-electron chi connectivity index (χ4n) is 3.19. The summed E-state index contributed by atoms with van der Waals surface area (Å²) in [7, 11) is 0. The van der Waals surface area contributed by atoms with Crippen molar-refractivity contribution in [3.05, 3.63) is 35.9 Å². The molecule has 134 valence electrons. The number of hydrogen-bond donors (Lipinski definition) is 1. The first-order valence-electron chi connectivity index (χ1n) is 7.96. The van der Waals surface area contributed by atoms with Gasteiger partial charge in [-0.1, -0.05) is 6.92 Å². The number of rotatable bonds is 3. The van der Waals surface area contributed by atoms with Gasteiger partial charge in [-0.2, -0.15) is 10.2 Å². The highest BCUT2D eigenvalue weighted by molar-refractivity contribution is 5.96. The van der Waals surface area contributed by atoms with Crippen LogP contribution in [0.1, 0.15) is 29.5 Å². The van der Waals surface area contributed by atoms with Crippen LogP contribution in [0.3, 0.4) is 0 Å². The maximum absolute atomic E-state index is 14.0. The highest BCUT2D eigenvalue weighted by atomic mass is 19.3. The molecule has 0 unspecified atom stereocenters. The van der Waals surface area contributed by atoms with Gasteiger partial charge < -0.3 is 10.0 Å². The number of aromatic nitrogens is 4. The fraction of sp³-hybridized carbons (Fsp3) is 0.500. The van der Waals surface area contributed by atoms with Crippen LogP contribution in [0.4, 0.5) is 8.78 Å². The number of hydrogen-bond acceptors (Lipinski definition) is 5. The van der Waals surface area contributed by atoms with E-state index in [2.05, 4.69) is 15.2 Å². The first-order valence-corrected chi connectivity index (χ1v) is 7.96. The second kappa shape index (κ2) is 6.47. The third-order valence-corrected chi connectivity index (χ3v) is 4.38. The second-order valence-electron chi connectivity index (χ2n) is 6.36. The molecule has 2 atom stereocenters. The molecule has 1 aliphatic heterocycles. The summed E-state index contributed by atoms with van der Waals surface area (Å²) >= 11 is 0. The molecule has 0 saturated carbocycles. The van der Waals surface area contributed by atoms with E-state index in [0.717, 1.165) is 4.90 Å². The zero-order valence-electron chi connectivity index (χ0n) is 13.9. The number of likely N-dealkylation sites (tertiary alicyclic amines) is 1. The van der Waals surface area contributed by atoms with Gasteiger partial charge >= 0.3 is 0 Å². The lowest BCUT2D eigenvalue weighted by Gasteiger charge is -2.42. The van der Waals surface area contributed by atoms with Crippen molar-refractivity contribution in [2.24, 2.45) is 5.92 Å². The molecule has 3 rings (SSSR count). The molecule has 0 aliphatic carbocycles. The van der Waals surface area contributed by atoms with Gasteiger partial charge in [0.2, 0.25) is 0 Å². The summed E-state index contributed by atoms with van der Waals surface area (Å²) in [6.07, 6.45) is 2.53. The molecule has 0 spiro atoms. The molecule has 0 aromatic carbocycles. The van der Waals surface area contributed by atoms with E-state index < -0.39 is 30.3 Å². The van der Waals surface area contributed by atoms with Gasteiger partial charge in [0.1, 0.15) is 5.69 Å². The van der Waals surface area contributed by atoms with Crippen LogP contribution in [0.5, 0.6) is 0 Å². The molecule has 1 aliphatic rings. The molecule has 2 aromatic rings. The number of nitrogens with zero attached hydrogens (tertiary/aromatic N) is 5. The van der Waals surface area contributed by atoms with Crippen molar-refractivity contribution in [3.63, 3.8) is 0 Å². The minimum absolute atomic E-state index is 0.0143. The molecule has 9 heteroatoms. The van der Waals surface area contributed by atoms with Gasteiger partial charge in [0.25, 0.3) is 11.8 Å². The van der Waals surface area contributed by atoms with Gasteiger partial charge in [0.05, 0.1) is 31.6 Å². The SMILES string of the molecule is Cc1ccc(-n2nccn2)c(C(=O)N2CC(F)(F)C[C@@H](C)[C@H]2CO)n1. The Bertz CT molecular complexity index is 766. The van der Waals surface area contributed by atoms with Crippen LogP contribution < -0.4 is 0 Å². The topological polar surface area (TPSA) is 84.1 Å². The third-order valence-electron chi connectivity index (χ3n) is 4.38. The Morgan fingerprint density at radius 1 is 1.36 bits per heavy atom. The number of amides is 1. The van der Waals surface area contributed by atoms with Crippen LogP contribution in [0.25, 0.3) is 5.69 Å². The zero-order valence-corrected chi connectivity index (χ0v) is 13.9. The zero-order chi connectivity index (χ0) is 18.2. The Hall–Kier alpha value is -2.42. The van der Waals surface area contributed by atoms with E-state index in [1.54, 1.807) is 26.0 Å². The lowest BCUT2D eigenvalue weighted by atomic mass is 9.88. The van der Waals surface area contributed by atoms with Gasteiger partial charge in [-0.25, -0.2) is 13.8 Å². The summed E-state index contributed by atoms with van der Waals surface area (Å²) in [6.45, 7) is 2.18. The number of aliphatic hydroxyl groups is 1. The van der Waals surface area contributed by atoms with E-state index in [1.165, 1.54) is 17.2 Å². The quantitative estimate of drug-likeness (QED) is 0.905. The summed E-state index contributed by atoms with van der Waals surface area (Å²) in [6, 6.07) is 2.62. The number of piperidine rings is 1. The van der Waals surface area contributed by atoms with E-state index in [4.69, 9.17) is 0 Å². The molecule has 1 N–H and O–H groups in total. The Kier molecular flexibility index (Phi) is 4.51. The first-order chi connectivity index (χ1) is 11.8. The van der Waals surface area contributed by atoms with E-state index in [0.29, 0.717) is 11.4 Å². The van der Waals surface area contributed by atoms with Crippen LogP contribution in [0.2, 0.25) is 0 Å².